The van der Waals surface area contributed by atoms with Gasteiger partial charge in [-0.15, -0.1) is 0 Å². The van der Waals surface area contributed by atoms with Crippen LogP contribution in [0, 0.1) is 0 Å². The molecule has 0 aliphatic carbocycles. The summed E-state index contributed by atoms with van der Waals surface area (Å²) in [6.07, 6.45) is 1.26. The molecule has 0 aliphatic rings. The van der Waals surface area contributed by atoms with Crippen molar-refractivity contribution in [3.8, 4) is 0 Å². The zero-order valence-electron chi connectivity index (χ0n) is 10.2. The van der Waals surface area contributed by atoms with Gasteiger partial charge in [0.15, 0.2) is 0 Å². The van der Waals surface area contributed by atoms with Crippen LogP contribution in [0.3, 0.4) is 0 Å². The number of halogens is 2. The molecule has 0 saturated heterocycles. The number of hydrogen-bond donors (Lipinski definition) is 1. The van der Waals surface area contributed by atoms with Crippen LogP contribution in [-0.2, 0) is 10.0 Å². The van der Waals surface area contributed by atoms with Gasteiger partial charge in [-0.05, 0) is 29.8 Å². The third-order valence-electron chi connectivity index (χ3n) is 2.42. The topological polar surface area (TPSA) is 99.2 Å². The Bertz CT molecular complexity index is 791. The Morgan fingerprint density at radius 1 is 1.19 bits per heavy atom. The Kier molecular flexibility index (Phi) is 4.36. The number of aromatic nitrogens is 1. The van der Waals surface area contributed by atoms with Crippen LogP contribution >= 0.6 is 23.2 Å². The Hall–Kier alpha value is -1.83. The molecule has 21 heavy (non-hydrogen) atoms. The number of carbonyl (C=O) groups is 1. The molecule has 1 heterocycles. The number of rotatable bonds is 4. The largest absolute Gasteiger partial charge is 0.545 e. The predicted octanol–water partition coefficient (Wildman–Crippen LogP) is 1.55. The molecule has 2 aromatic rings. The van der Waals surface area contributed by atoms with E-state index in [9.17, 15) is 18.3 Å². The number of carboxylic acids is 1. The summed E-state index contributed by atoms with van der Waals surface area (Å²) >= 11 is 11.5. The van der Waals surface area contributed by atoms with Crippen LogP contribution in [0.15, 0.2) is 41.4 Å². The molecule has 1 aromatic heterocycles. The van der Waals surface area contributed by atoms with Gasteiger partial charge in [0.1, 0.15) is 10.7 Å². The maximum absolute atomic E-state index is 12.2. The van der Waals surface area contributed by atoms with E-state index in [4.69, 9.17) is 23.2 Å². The second-order valence-electron chi connectivity index (χ2n) is 3.90. The molecule has 0 bridgehead atoms. The van der Waals surface area contributed by atoms with Gasteiger partial charge in [0.05, 0.1) is 16.0 Å². The van der Waals surface area contributed by atoms with Crippen LogP contribution < -0.4 is 9.83 Å². The molecule has 0 radical (unpaired) electrons. The van der Waals surface area contributed by atoms with E-state index in [1.54, 1.807) is 0 Å². The minimum absolute atomic E-state index is 0.0225. The number of nitrogens with one attached hydrogen (secondary N) is 1. The highest BCUT2D eigenvalue weighted by Crippen LogP contribution is 2.24. The molecular formula is C12H7Cl2N2O4S-. The minimum Gasteiger partial charge on any atom is -0.545 e. The van der Waals surface area contributed by atoms with Gasteiger partial charge in [-0.25, -0.2) is 13.4 Å². The lowest BCUT2D eigenvalue weighted by molar-refractivity contribution is -0.255. The maximum atomic E-state index is 12.2. The zero-order valence-corrected chi connectivity index (χ0v) is 12.5. The third kappa shape index (κ3) is 3.63. The summed E-state index contributed by atoms with van der Waals surface area (Å²) in [7, 11) is -4.09. The molecule has 0 atom stereocenters. The summed E-state index contributed by atoms with van der Waals surface area (Å²) in [5.41, 5.74) is -0.302. The van der Waals surface area contributed by atoms with Gasteiger partial charge in [-0.3, -0.25) is 4.72 Å². The normalized spacial score (nSPS) is 11.1. The fourth-order valence-electron chi connectivity index (χ4n) is 1.47. The van der Waals surface area contributed by atoms with Crippen molar-refractivity contribution in [3.63, 3.8) is 0 Å². The van der Waals surface area contributed by atoms with E-state index in [0.29, 0.717) is 5.02 Å². The average Bonchev–Trinajstić information content (AvgIpc) is 2.41. The summed E-state index contributed by atoms with van der Waals surface area (Å²) in [5, 5.41) is 11.0. The lowest BCUT2D eigenvalue weighted by atomic mass is 10.2. The number of carboxylic acid groups (broad SMARTS) is 1. The summed E-state index contributed by atoms with van der Waals surface area (Å²) in [5.74, 6) is -1.48. The number of sulfonamides is 1. The molecule has 0 spiro atoms. The van der Waals surface area contributed by atoms with E-state index in [1.807, 2.05) is 0 Å². The van der Waals surface area contributed by atoms with Crippen molar-refractivity contribution >= 4 is 45.0 Å². The Balaban J connectivity index is 2.41. The van der Waals surface area contributed by atoms with Crippen LogP contribution in [0.4, 0.5) is 5.82 Å². The van der Waals surface area contributed by atoms with E-state index in [0.717, 1.165) is 18.2 Å². The molecule has 6 nitrogen and oxygen atoms in total. The molecule has 110 valence electrons. The first-order valence-corrected chi connectivity index (χ1v) is 7.69. The van der Waals surface area contributed by atoms with E-state index >= 15 is 0 Å². The minimum atomic E-state index is -4.09. The molecule has 0 unspecified atom stereocenters. The quantitative estimate of drug-likeness (QED) is 0.906. The molecule has 2 rings (SSSR count). The SMILES string of the molecule is O=C([O-])c1ccc(Cl)c(S(=O)(=O)Nc2ccc(Cl)cn2)c1. The summed E-state index contributed by atoms with van der Waals surface area (Å²) < 4.78 is 26.6. The fraction of sp³-hybridized carbons (Fsp3) is 0. The Labute approximate surface area is 130 Å². The number of aromatic carboxylic acids is 1. The summed E-state index contributed by atoms with van der Waals surface area (Å²) in [4.78, 5) is 14.2. The standard InChI is InChI=1S/C12H8Cl2N2O4S/c13-8-2-4-11(15-6-8)16-21(19,20)10-5-7(12(17)18)1-3-9(10)14/h1-6H,(H,15,16)(H,17,18)/p-1. The molecular weight excluding hydrogens is 339 g/mol. The second kappa shape index (κ2) is 5.88. The molecule has 9 heteroatoms. The number of anilines is 1. The average molecular weight is 346 g/mol. The van der Waals surface area contributed by atoms with E-state index < -0.39 is 16.0 Å². The van der Waals surface area contributed by atoms with Gasteiger partial charge in [-0.2, -0.15) is 0 Å². The van der Waals surface area contributed by atoms with Crippen molar-refractivity contribution in [2.24, 2.45) is 0 Å². The van der Waals surface area contributed by atoms with Gasteiger partial charge in [0.2, 0.25) is 0 Å². The van der Waals surface area contributed by atoms with Gasteiger partial charge >= 0.3 is 0 Å². The highest BCUT2D eigenvalue weighted by molar-refractivity contribution is 7.92. The van der Waals surface area contributed by atoms with Crippen LogP contribution in [0.1, 0.15) is 10.4 Å². The molecule has 0 saturated carbocycles. The molecule has 0 amide bonds. The van der Waals surface area contributed by atoms with Crippen molar-refractivity contribution in [1.29, 1.82) is 0 Å². The first kappa shape index (κ1) is 15.6. The van der Waals surface area contributed by atoms with Crippen molar-refractivity contribution < 1.29 is 18.3 Å². The van der Waals surface area contributed by atoms with E-state index in [1.165, 1.54) is 18.3 Å². The fourth-order valence-corrected chi connectivity index (χ4v) is 3.11. The van der Waals surface area contributed by atoms with Crippen LogP contribution in [0.5, 0.6) is 0 Å². The highest BCUT2D eigenvalue weighted by Gasteiger charge is 2.19. The second-order valence-corrected chi connectivity index (χ2v) is 6.39. The van der Waals surface area contributed by atoms with Crippen LogP contribution in [0.25, 0.3) is 0 Å². The first-order chi connectivity index (χ1) is 9.79. The molecule has 0 aliphatic heterocycles. The van der Waals surface area contributed by atoms with Gasteiger partial charge in [0, 0.05) is 6.20 Å². The lowest BCUT2D eigenvalue weighted by Gasteiger charge is -2.11. The lowest BCUT2D eigenvalue weighted by Crippen LogP contribution is -2.23. The molecule has 1 N–H and O–H groups in total. The Morgan fingerprint density at radius 2 is 1.90 bits per heavy atom. The molecule has 1 aromatic carbocycles. The van der Waals surface area contributed by atoms with Crippen molar-refractivity contribution in [1.82, 2.24) is 4.98 Å². The zero-order chi connectivity index (χ0) is 15.6. The first-order valence-electron chi connectivity index (χ1n) is 5.45. The monoisotopic (exact) mass is 345 g/mol. The van der Waals surface area contributed by atoms with Crippen molar-refractivity contribution in [3.05, 3.63) is 52.1 Å². The molecule has 0 fully saturated rings. The summed E-state index contributed by atoms with van der Waals surface area (Å²) in [6, 6.07) is 6.03. The van der Waals surface area contributed by atoms with Crippen LogP contribution in [-0.4, -0.2) is 19.4 Å². The summed E-state index contributed by atoms with van der Waals surface area (Å²) in [6.45, 7) is 0. The number of benzene rings is 1. The van der Waals surface area contributed by atoms with E-state index in [2.05, 4.69) is 9.71 Å². The Morgan fingerprint density at radius 3 is 2.48 bits per heavy atom. The van der Waals surface area contributed by atoms with Crippen molar-refractivity contribution in [2.75, 3.05) is 4.72 Å². The maximum Gasteiger partial charge on any atom is 0.264 e. The van der Waals surface area contributed by atoms with Gasteiger partial charge < -0.3 is 9.90 Å². The van der Waals surface area contributed by atoms with Crippen LogP contribution in [0.2, 0.25) is 10.0 Å². The number of nitrogens with zero attached hydrogens (tertiary/aromatic N) is 1. The smallest absolute Gasteiger partial charge is 0.264 e. The number of carbonyl (C=O) groups excluding carboxylic acids is 1. The number of hydrogen-bond acceptors (Lipinski definition) is 5. The highest BCUT2D eigenvalue weighted by atomic mass is 35.5. The van der Waals surface area contributed by atoms with Gasteiger partial charge in [0.25, 0.3) is 10.0 Å². The third-order valence-corrected chi connectivity index (χ3v) is 4.48. The number of pyridine rings is 1. The van der Waals surface area contributed by atoms with Gasteiger partial charge in [-0.1, -0.05) is 29.3 Å². The van der Waals surface area contributed by atoms with Crippen molar-refractivity contribution in [2.45, 2.75) is 4.90 Å². The van der Waals surface area contributed by atoms with E-state index in [-0.39, 0.29) is 21.3 Å². The predicted molar refractivity (Wildman–Crippen MR) is 75.8 cm³/mol.